The van der Waals surface area contributed by atoms with Crippen LogP contribution < -0.4 is 0 Å². The molecule has 4 saturated carbocycles. The molecule has 0 aromatic carbocycles. The Morgan fingerprint density at radius 2 is 1.84 bits per heavy atom. The van der Waals surface area contributed by atoms with Gasteiger partial charge in [-0.05, 0) is 79.6 Å². The highest BCUT2D eigenvalue weighted by Gasteiger charge is 2.67. The van der Waals surface area contributed by atoms with E-state index in [9.17, 15) is 15.3 Å². The maximum Gasteiger partial charge on any atom is 0.152 e. The summed E-state index contributed by atoms with van der Waals surface area (Å²) in [7, 11) is 0. The normalized spacial score (nSPS) is 58.0. The van der Waals surface area contributed by atoms with Crippen LogP contribution in [0.15, 0.2) is 12.2 Å². The van der Waals surface area contributed by atoms with Crippen molar-refractivity contribution < 1.29 is 15.3 Å². The largest absolute Gasteiger partial charge is 0.393 e. The molecule has 0 spiro atoms. The molecule has 138 valence electrons. The Labute approximate surface area is 151 Å². The summed E-state index contributed by atoms with van der Waals surface area (Å²) in [6, 6.07) is 0. The quantitative estimate of drug-likeness (QED) is 0.468. The minimum atomic E-state index is -1.25. The van der Waals surface area contributed by atoms with Crippen LogP contribution >= 0.6 is 0 Å². The Morgan fingerprint density at radius 3 is 2.52 bits per heavy atom. The molecule has 0 aliphatic heterocycles. The first kappa shape index (κ1) is 17.6. The Balaban J connectivity index is 1.73. The summed E-state index contributed by atoms with van der Waals surface area (Å²) < 4.78 is 0. The van der Waals surface area contributed by atoms with Crippen LogP contribution in [-0.2, 0) is 0 Å². The highest BCUT2D eigenvalue weighted by Crippen LogP contribution is 2.68. The van der Waals surface area contributed by atoms with E-state index in [1.807, 2.05) is 0 Å². The number of fused-ring (bicyclic) bond motifs is 5. The molecule has 0 aromatic heterocycles. The average Bonchev–Trinajstić information content (AvgIpc) is 2.77. The van der Waals surface area contributed by atoms with Crippen LogP contribution in [-0.4, -0.2) is 33.1 Å². The van der Waals surface area contributed by atoms with Crippen molar-refractivity contribution in [3.63, 3.8) is 0 Å². The van der Waals surface area contributed by atoms with Gasteiger partial charge < -0.3 is 15.3 Å². The zero-order valence-electron chi connectivity index (χ0n) is 15.5. The van der Waals surface area contributed by atoms with Gasteiger partial charge in [-0.25, -0.2) is 0 Å². The van der Waals surface area contributed by atoms with Crippen LogP contribution in [0.5, 0.6) is 0 Å². The first-order chi connectivity index (χ1) is 11.7. The lowest BCUT2D eigenvalue weighted by Crippen LogP contribution is -2.60. The van der Waals surface area contributed by atoms with E-state index < -0.39 is 11.0 Å². The molecule has 3 heteroatoms. The standard InChI is InChI=1S/C22H32O3/c1-5-22(25)13(2)10-17-19-16(7-9-21(17,22)4)20(3)8-6-15(23)11-14(20)12-18(19)24/h1,14-19,23-25H,2,6-12H2,3-4H3/t14-,15+,16?,17?,18?,19?,20-,21-,22-/m0/s1. The number of hydrogen-bond donors (Lipinski definition) is 3. The van der Waals surface area contributed by atoms with Gasteiger partial charge in [0.05, 0.1) is 12.2 Å². The van der Waals surface area contributed by atoms with Crippen molar-refractivity contribution in [3.05, 3.63) is 12.2 Å². The molecule has 9 atom stereocenters. The second kappa shape index (κ2) is 5.35. The van der Waals surface area contributed by atoms with Crippen molar-refractivity contribution >= 4 is 0 Å². The van der Waals surface area contributed by atoms with Gasteiger partial charge in [-0.15, -0.1) is 6.42 Å². The summed E-state index contributed by atoms with van der Waals surface area (Å²) in [5.74, 6) is 3.86. The Morgan fingerprint density at radius 1 is 1.12 bits per heavy atom. The summed E-state index contributed by atoms with van der Waals surface area (Å²) in [4.78, 5) is 0. The van der Waals surface area contributed by atoms with Gasteiger partial charge in [-0.3, -0.25) is 0 Å². The fourth-order valence-corrected chi connectivity index (χ4v) is 7.44. The number of aliphatic hydroxyl groups is 3. The molecule has 3 N–H and O–H groups in total. The Kier molecular flexibility index (Phi) is 3.76. The minimum Gasteiger partial charge on any atom is -0.393 e. The number of rotatable bonds is 0. The highest BCUT2D eigenvalue weighted by molar-refractivity contribution is 5.39. The molecule has 0 saturated heterocycles. The summed E-state index contributed by atoms with van der Waals surface area (Å²) in [6.45, 7) is 8.60. The van der Waals surface area contributed by atoms with Crippen LogP contribution in [0.25, 0.3) is 0 Å². The topological polar surface area (TPSA) is 60.7 Å². The highest BCUT2D eigenvalue weighted by atomic mass is 16.3. The first-order valence-corrected chi connectivity index (χ1v) is 9.92. The summed E-state index contributed by atoms with van der Waals surface area (Å²) in [5, 5.41) is 32.4. The van der Waals surface area contributed by atoms with Gasteiger partial charge in [-0.1, -0.05) is 26.3 Å². The van der Waals surface area contributed by atoms with Gasteiger partial charge in [-0.2, -0.15) is 0 Å². The van der Waals surface area contributed by atoms with Crippen molar-refractivity contribution in [2.45, 2.75) is 76.6 Å². The van der Waals surface area contributed by atoms with E-state index in [1.54, 1.807) is 0 Å². The smallest absolute Gasteiger partial charge is 0.152 e. The first-order valence-electron chi connectivity index (χ1n) is 9.92. The van der Waals surface area contributed by atoms with E-state index in [2.05, 4.69) is 26.3 Å². The van der Waals surface area contributed by atoms with Crippen LogP contribution in [0, 0.1) is 46.8 Å². The zero-order valence-corrected chi connectivity index (χ0v) is 15.5. The molecular formula is C22H32O3. The third kappa shape index (κ3) is 2.05. The molecule has 0 heterocycles. The number of terminal acetylenes is 1. The van der Waals surface area contributed by atoms with Crippen molar-refractivity contribution in [2.75, 3.05) is 0 Å². The molecule has 25 heavy (non-hydrogen) atoms. The van der Waals surface area contributed by atoms with Crippen molar-refractivity contribution in [2.24, 2.45) is 34.5 Å². The maximum absolute atomic E-state index is 11.2. The second-order valence-electron chi connectivity index (χ2n) is 9.84. The van der Waals surface area contributed by atoms with Gasteiger partial charge in [0.25, 0.3) is 0 Å². The lowest BCUT2D eigenvalue weighted by molar-refractivity contribution is -0.182. The lowest BCUT2D eigenvalue weighted by atomic mass is 9.43. The van der Waals surface area contributed by atoms with E-state index in [0.717, 1.165) is 50.5 Å². The van der Waals surface area contributed by atoms with Gasteiger partial charge in [0.1, 0.15) is 0 Å². The fraction of sp³-hybridized carbons (Fsp3) is 0.818. The molecule has 0 aromatic rings. The minimum absolute atomic E-state index is 0.175. The third-order valence-electron chi connectivity index (χ3n) is 9.06. The van der Waals surface area contributed by atoms with E-state index in [-0.39, 0.29) is 29.5 Å². The maximum atomic E-state index is 11.2. The summed E-state index contributed by atoms with van der Waals surface area (Å²) >= 11 is 0. The molecule has 4 rings (SSSR count). The molecule has 0 radical (unpaired) electrons. The molecular weight excluding hydrogens is 312 g/mol. The van der Waals surface area contributed by atoms with Crippen molar-refractivity contribution in [3.8, 4) is 12.3 Å². The lowest BCUT2D eigenvalue weighted by Gasteiger charge is -2.62. The van der Waals surface area contributed by atoms with Crippen LogP contribution in [0.1, 0.15) is 58.8 Å². The summed E-state index contributed by atoms with van der Waals surface area (Å²) in [6.07, 6.45) is 11.3. The molecule has 4 fully saturated rings. The molecule has 0 bridgehead atoms. The summed E-state index contributed by atoms with van der Waals surface area (Å²) in [5.41, 5.74) is -0.703. The molecule has 0 amide bonds. The SMILES string of the molecule is C#C[C@]1(O)C(=C)CC2C3C(O)C[C@@H]4C[C@H](O)CC[C@]4(C)C3CC[C@@]21C. The second-order valence-corrected chi connectivity index (χ2v) is 9.84. The van der Waals surface area contributed by atoms with E-state index >= 15 is 0 Å². The van der Waals surface area contributed by atoms with Gasteiger partial charge in [0.15, 0.2) is 5.60 Å². The molecule has 4 aliphatic carbocycles. The van der Waals surface area contributed by atoms with Gasteiger partial charge in [0.2, 0.25) is 0 Å². The predicted molar refractivity (Wildman–Crippen MR) is 97.4 cm³/mol. The predicted octanol–water partition coefficient (Wildman–Crippen LogP) is 2.89. The third-order valence-corrected chi connectivity index (χ3v) is 9.06. The molecule has 3 nitrogen and oxygen atoms in total. The number of aliphatic hydroxyl groups excluding tert-OH is 2. The van der Waals surface area contributed by atoms with Crippen LogP contribution in [0.4, 0.5) is 0 Å². The van der Waals surface area contributed by atoms with Crippen LogP contribution in [0.3, 0.4) is 0 Å². The average molecular weight is 344 g/mol. The van der Waals surface area contributed by atoms with Crippen molar-refractivity contribution in [1.29, 1.82) is 0 Å². The zero-order chi connectivity index (χ0) is 18.2. The monoisotopic (exact) mass is 344 g/mol. The van der Waals surface area contributed by atoms with Crippen molar-refractivity contribution in [1.82, 2.24) is 0 Å². The van der Waals surface area contributed by atoms with Crippen LogP contribution in [0.2, 0.25) is 0 Å². The Hall–Kier alpha value is -0.820. The number of hydrogen-bond acceptors (Lipinski definition) is 3. The van der Waals surface area contributed by atoms with E-state index in [1.165, 1.54) is 0 Å². The Bertz CT molecular complexity index is 636. The van der Waals surface area contributed by atoms with Gasteiger partial charge in [0, 0.05) is 5.41 Å². The van der Waals surface area contributed by atoms with E-state index in [4.69, 9.17) is 6.42 Å². The fourth-order valence-electron chi connectivity index (χ4n) is 7.44. The van der Waals surface area contributed by atoms with E-state index in [0.29, 0.717) is 11.8 Å². The van der Waals surface area contributed by atoms with Gasteiger partial charge >= 0.3 is 0 Å². The molecule has 4 aliphatic rings. The molecule has 4 unspecified atom stereocenters.